The van der Waals surface area contributed by atoms with Crippen LogP contribution >= 0.6 is 0 Å². The van der Waals surface area contributed by atoms with Crippen molar-refractivity contribution in [2.24, 2.45) is 5.73 Å². The quantitative estimate of drug-likeness (QED) is 0.845. The molecule has 2 rings (SSSR count). The smallest absolute Gasteiger partial charge is 0.0178 e. The molecule has 0 saturated carbocycles. The molecule has 0 amide bonds. The molecule has 17 heavy (non-hydrogen) atoms. The van der Waals surface area contributed by atoms with Gasteiger partial charge in [-0.2, -0.15) is 0 Å². The maximum absolute atomic E-state index is 5.66. The summed E-state index contributed by atoms with van der Waals surface area (Å²) in [6.07, 6.45) is 6.67. The Balaban J connectivity index is 1.73. The zero-order chi connectivity index (χ0) is 11.9. The van der Waals surface area contributed by atoms with Gasteiger partial charge in [0.15, 0.2) is 0 Å². The molecule has 1 aromatic rings. The van der Waals surface area contributed by atoms with Gasteiger partial charge in [0.05, 0.1) is 0 Å². The Morgan fingerprint density at radius 3 is 2.59 bits per heavy atom. The van der Waals surface area contributed by atoms with Crippen LogP contribution in [0.5, 0.6) is 0 Å². The van der Waals surface area contributed by atoms with Gasteiger partial charge in [0, 0.05) is 6.54 Å². The number of benzene rings is 1. The van der Waals surface area contributed by atoms with Crippen LogP contribution in [0.25, 0.3) is 0 Å². The first-order chi connectivity index (χ1) is 8.38. The average Bonchev–Trinajstić information content (AvgIpc) is 2.40. The number of nitrogens with two attached hydrogens (primary N) is 1. The number of rotatable bonds is 5. The maximum Gasteiger partial charge on any atom is 0.0178 e. The van der Waals surface area contributed by atoms with Gasteiger partial charge >= 0.3 is 0 Å². The second-order valence-corrected chi connectivity index (χ2v) is 5.03. The summed E-state index contributed by atoms with van der Waals surface area (Å²) in [6, 6.07) is 8.69. The minimum atomic E-state index is 0.653. The number of aryl methyl sites for hydroxylation is 1. The van der Waals surface area contributed by atoms with Crippen LogP contribution in [0.3, 0.4) is 0 Å². The molecule has 1 aliphatic rings. The fraction of sp³-hybridized carbons (Fsp3) is 0.600. The Morgan fingerprint density at radius 1 is 1.06 bits per heavy atom. The standard InChI is InChI=1S/C15H24N2/c16-13-15-7-4-6-14(12-15)8-5-11-17-9-2-1-3-10-17/h4,6-7,12H,1-3,5,8-11,13,16H2. The largest absolute Gasteiger partial charge is 0.326 e. The molecule has 0 atom stereocenters. The first kappa shape index (κ1) is 12.6. The van der Waals surface area contributed by atoms with E-state index in [0.717, 1.165) is 0 Å². The molecule has 0 aliphatic carbocycles. The van der Waals surface area contributed by atoms with Crippen molar-refractivity contribution in [3.05, 3.63) is 35.4 Å². The van der Waals surface area contributed by atoms with Crippen molar-refractivity contribution in [2.75, 3.05) is 19.6 Å². The molecule has 0 bridgehead atoms. The second-order valence-electron chi connectivity index (χ2n) is 5.03. The van der Waals surface area contributed by atoms with Gasteiger partial charge in [-0.05, 0) is 56.4 Å². The Labute approximate surface area is 105 Å². The van der Waals surface area contributed by atoms with E-state index in [9.17, 15) is 0 Å². The van der Waals surface area contributed by atoms with Gasteiger partial charge in [0.2, 0.25) is 0 Å². The summed E-state index contributed by atoms with van der Waals surface area (Å²) in [7, 11) is 0. The predicted octanol–water partition coefficient (Wildman–Crippen LogP) is 2.56. The highest BCUT2D eigenvalue weighted by Gasteiger charge is 2.08. The molecule has 1 fully saturated rings. The SMILES string of the molecule is NCc1cccc(CCCN2CCCCC2)c1. The molecule has 94 valence electrons. The third kappa shape index (κ3) is 4.14. The van der Waals surface area contributed by atoms with Crippen LogP contribution in [0.2, 0.25) is 0 Å². The fourth-order valence-electron chi connectivity index (χ4n) is 2.60. The number of hydrogen-bond donors (Lipinski definition) is 1. The van der Waals surface area contributed by atoms with Gasteiger partial charge in [-0.1, -0.05) is 30.7 Å². The van der Waals surface area contributed by atoms with Crippen molar-refractivity contribution in [3.63, 3.8) is 0 Å². The lowest BCUT2D eigenvalue weighted by molar-refractivity contribution is 0.226. The van der Waals surface area contributed by atoms with Crippen molar-refractivity contribution < 1.29 is 0 Å². The zero-order valence-electron chi connectivity index (χ0n) is 10.7. The van der Waals surface area contributed by atoms with E-state index < -0.39 is 0 Å². The molecular weight excluding hydrogens is 208 g/mol. The molecule has 2 heteroatoms. The highest BCUT2D eigenvalue weighted by atomic mass is 15.1. The summed E-state index contributed by atoms with van der Waals surface area (Å²) in [4.78, 5) is 2.61. The third-order valence-corrected chi connectivity index (χ3v) is 3.62. The topological polar surface area (TPSA) is 29.3 Å². The van der Waals surface area contributed by atoms with Gasteiger partial charge < -0.3 is 10.6 Å². The first-order valence-corrected chi connectivity index (χ1v) is 6.89. The Morgan fingerprint density at radius 2 is 1.82 bits per heavy atom. The van der Waals surface area contributed by atoms with Crippen LogP contribution in [-0.2, 0) is 13.0 Å². The summed E-state index contributed by atoms with van der Waals surface area (Å²) in [5, 5.41) is 0. The molecule has 0 aromatic heterocycles. The van der Waals surface area contributed by atoms with E-state index in [1.165, 1.54) is 62.9 Å². The van der Waals surface area contributed by atoms with Gasteiger partial charge in [-0.15, -0.1) is 0 Å². The van der Waals surface area contributed by atoms with Crippen molar-refractivity contribution >= 4 is 0 Å². The molecular formula is C15H24N2. The van der Waals surface area contributed by atoms with E-state index in [0.29, 0.717) is 6.54 Å². The zero-order valence-corrected chi connectivity index (χ0v) is 10.7. The van der Waals surface area contributed by atoms with Crippen LogP contribution in [0.15, 0.2) is 24.3 Å². The molecule has 0 unspecified atom stereocenters. The highest BCUT2D eigenvalue weighted by Crippen LogP contribution is 2.11. The molecule has 1 aromatic carbocycles. The highest BCUT2D eigenvalue weighted by molar-refractivity contribution is 5.23. The van der Waals surface area contributed by atoms with E-state index in [2.05, 4.69) is 29.2 Å². The van der Waals surface area contributed by atoms with E-state index >= 15 is 0 Å². The number of hydrogen-bond acceptors (Lipinski definition) is 2. The van der Waals surface area contributed by atoms with Gasteiger partial charge in [0.25, 0.3) is 0 Å². The number of likely N-dealkylation sites (tertiary alicyclic amines) is 1. The summed E-state index contributed by atoms with van der Waals surface area (Å²) in [5.41, 5.74) is 8.34. The molecule has 1 saturated heterocycles. The summed E-state index contributed by atoms with van der Waals surface area (Å²) >= 11 is 0. The summed E-state index contributed by atoms with van der Waals surface area (Å²) < 4.78 is 0. The normalized spacial score (nSPS) is 17.2. The van der Waals surface area contributed by atoms with E-state index in [-0.39, 0.29) is 0 Å². The second kappa shape index (κ2) is 6.77. The lowest BCUT2D eigenvalue weighted by Crippen LogP contribution is -2.30. The Bertz CT molecular complexity index is 329. The monoisotopic (exact) mass is 232 g/mol. The van der Waals surface area contributed by atoms with Crippen LogP contribution in [-0.4, -0.2) is 24.5 Å². The molecule has 2 nitrogen and oxygen atoms in total. The van der Waals surface area contributed by atoms with E-state index in [1.807, 2.05) is 0 Å². The maximum atomic E-state index is 5.66. The lowest BCUT2D eigenvalue weighted by atomic mass is 10.1. The van der Waals surface area contributed by atoms with Gasteiger partial charge in [-0.3, -0.25) is 0 Å². The molecule has 0 spiro atoms. The van der Waals surface area contributed by atoms with E-state index in [4.69, 9.17) is 5.73 Å². The lowest BCUT2D eigenvalue weighted by Gasteiger charge is -2.26. The van der Waals surface area contributed by atoms with Crippen LogP contribution in [0.4, 0.5) is 0 Å². The molecule has 1 heterocycles. The predicted molar refractivity (Wildman–Crippen MR) is 72.9 cm³/mol. The average molecular weight is 232 g/mol. The van der Waals surface area contributed by atoms with E-state index in [1.54, 1.807) is 0 Å². The number of nitrogens with zero attached hydrogens (tertiary/aromatic N) is 1. The molecule has 0 radical (unpaired) electrons. The third-order valence-electron chi connectivity index (χ3n) is 3.62. The van der Waals surface area contributed by atoms with Crippen LogP contribution < -0.4 is 5.73 Å². The molecule has 1 aliphatic heterocycles. The summed E-state index contributed by atoms with van der Waals surface area (Å²) in [5.74, 6) is 0. The first-order valence-electron chi connectivity index (χ1n) is 6.89. The summed E-state index contributed by atoms with van der Waals surface area (Å²) in [6.45, 7) is 4.53. The van der Waals surface area contributed by atoms with Gasteiger partial charge in [0.1, 0.15) is 0 Å². The van der Waals surface area contributed by atoms with Gasteiger partial charge in [-0.25, -0.2) is 0 Å². The van der Waals surface area contributed by atoms with Crippen LogP contribution in [0, 0.1) is 0 Å². The minimum absolute atomic E-state index is 0.653. The Hall–Kier alpha value is -0.860. The fourth-order valence-corrected chi connectivity index (χ4v) is 2.60. The van der Waals surface area contributed by atoms with Crippen molar-refractivity contribution in [3.8, 4) is 0 Å². The minimum Gasteiger partial charge on any atom is -0.326 e. The van der Waals surface area contributed by atoms with Crippen molar-refractivity contribution in [2.45, 2.75) is 38.6 Å². The van der Waals surface area contributed by atoms with Crippen molar-refractivity contribution in [1.29, 1.82) is 0 Å². The van der Waals surface area contributed by atoms with Crippen LogP contribution in [0.1, 0.15) is 36.8 Å². The Kier molecular flexibility index (Phi) is 5.02. The van der Waals surface area contributed by atoms with Crippen molar-refractivity contribution in [1.82, 2.24) is 4.90 Å². The molecule has 2 N–H and O–H groups in total. The number of piperidine rings is 1.